The molecule has 0 spiro atoms. The van der Waals surface area contributed by atoms with Crippen LogP contribution in [0.2, 0.25) is 5.02 Å². The van der Waals surface area contributed by atoms with Gasteiger partial charge in [0.25, 0.3) is 5.91 Å². The summed E-state index contributed by atoms with van der Waals surface area (Å²) < 4.78 is 7.53. The molecule has 0 radical (unpaired) electrons. The van der Waals surface area contributed by atoms with Gasteiger partial charge in [-0.2, -0.15) is 8.75 Å². The lowest BCUT2D eigenvalue weighted by Gasteiger charge is -2.19. The molecule has 8 heteroatoms. The van der Waals surface area contributed by atoms with Gasteiger partial charge in [0.2, 0.25) is 0 Å². The second-order valence-corrected chi connectivity index (χ2v) is 4.55. The summed E-state index contributed by atoms with van der Waals surface area (Å²) in [7, 11) is 0. The number of aliphatic carboxylic acids is 1. The lowest BCUT2D eigenvalue weighted by atomic mass is 10.2. The first-order valence-corrected chi connectivity index (χ1v) is 6.25. The minimum atomic E-state index is -1.13. The Bertz CT molecular complexity index is 603. The monoisotopic (exact) mass is 297 g/mol. The third-order valence-corrected chi connectivity index (χ3v) is 2.95. The Kier molecular flexibility index (Phi) is 4.08. The van der Waals surface area contributed by atoms with Crippen LogP contribution in [0.3, 0.4) is 0 Å². The van der Waals surface area contributed by atoms with E-state index in [9.17, 15) is 9.59 Å². The van der Waals surface area contributed by atoms with Gasteiger partial charge in [-0.1, -0.05) is 17.7 Å². The van der Waals surface area contributed by atoms with Crippen molar-refractivity contribution in [1.29, 1.82) is 0 Å². The molecule has 0 fully saturated rings. The summed E-state index contributed by atoms with van der Waals surface area (Å²) in [4.78, 5) is 24.1. The molecule has 0 unspecified atom stereocenters. The number of carbonyl (C=O) groups excluding carboxylic acids is 1. The highest BCUT2D eigenvalue weighted by molar-refractivity contribution is 6.99. The van der Waals surface area contributed by atoms with Crippen molar-refractivity contribution in [3.63, 3.8) is 0 Å². The lowest BCUT2D eigenvalue weighted by Crippen LogP contribution is -2.35. The van der Waals surface area contributed by atoms with Crippen molar-refractivity contribution in [3.8, 4) is 0 Å². The average Bonchev–Trinajstić information content (AvgIpc) is 2.88. The van der Waals surface area contributed by atoms with Gasteiger partial charge in [0.05, 0.1) is 17.9 Å². The second kappa shape index (κ2) is 5.77. The SMILES string of the molecule is O=C(O)CN(C(=O)c1cnsn1)c1cccc(Cl)c1. The summed E-state index contributed by atoms with van der Waals surface area (Å²) in [6.45, 7) is -0.475. The first kappa shape index (κ1) is 13.4. The van der Waals surface area contributed by atoms with Gasteiger partial charge >= 0.3 is 5.97 Å². The number of rotatable bonds is 4. The molecule has 1 amide bonds. The fourth-order valence-corrected chi connectivity index (χ4v) is 2.05. The van der Waals surface area contributed by atoms with E-state index in [-0.39, 0.29) is 5.69 Å². The Balaban J connectivity index is 2.36. The number of carbonyl (C=O) groups is 2. The molecule has 6 nitrogen and oxygen atoms in total. The van der Waals surface area contributed by atoms with Gasteiger partial charge in [0.15, 0.2) is 5.69 Å². The topological polar surface area (TPSA) is 83.4 Å². The molecule has 0 saturated carbocycles. The summed E-state index contributed by atoms with van der Waals surface area (Å²) in [6, 6.07) is 6.40. The molecule has 1 N–H and O–H groups in total. The molecule has 0 bridgehead atoms. The predicted molar refractivity (Wildman–Crippen MR) is 70.7 cm³/mol. The highest BCUT2D eigenvalue weighted by Gasteiger charge is 2.22. The fraction of sp³-hybridized carbons (Fsp3) is 0.0909. The van der Waals surface area contributed by atoms with Crippen molar-refractivity contribution in [1.82, 2.24) is 8.75 Å². The predicted octanol–water partition coefficient (Wildman–Crippen LogP) is 1.92. The van der Waals surface area contributed by atoms with Crippen LogP contribution in [-0.4, -0.2) is 32.3 Å². The summed E-state index contributed by atoms with van der Waals surface area (Å²) in [5, 5.41) is 9.31. The Morgan fingerprint density at radius 1 is 1.42 bits per heavy atom. The van der Waals surface area contributed by atoms with E-state index in [1.807, 2.05) is 0 Å². The number of halogens is 1. The third kappa shape index (κ3) is 3.27. The minimum absolute atomic E-state index is 0.103. The van der Waals surface area contributed by atoms with E-state index in [2.05, 4.69) is 8.75 Å². The van der Waals surface area contributed by atoms with Crippen LogP contribution in [0.5, 0.6) is 0 Å². The molecule has 2 rings (SSSR count). The van der Waals surface area contributed by atoms with Crippen molar-refractivity contribution in [2.75, 3.05) is 11.4 Å². The number of nitrogens with zero attached hydrogens (tertiary/aromatic N) is 3. The zero-order valence-corrected chi connectivity index (χ0v) is 11.1. The number of amides is 1. The van der Waals surface area contributed by atoms with Crippen LogP contribution >= 0.6 is 23.3 Å². The van der Waals surface area contributed by atoms with Gasteiger partial charge in [-0.05, 0) is 18.2 Å². The third-order valence-electron chi connectivity index (χ3n) is 2.24. The van der Waals surface area contributed by atoms with E-state index in [0.717, 1.165) is 16.6 Å². The van der Waals surface area contributed by atoms with Gasteiger partial charge < -0.3 is 5.11 Å². The molecule has 0 aliphatic heterocycles. The Morgan fingerprint density at radius 2 is 2.21 bits per heavy atom. The second-order valence-electron chi connectivity index (χ2n) is 3.56. The van der Waals surface area contributed by atoms with Gasteiger partial charge in [-0.15, -0.1) is 0 Å². The molecule has 1 heterocycles. The van der Waals surface area contributed by atoms with Gasteiger partial charge in [0, 0.05) is 10.7 Å². The van der Waals surface area contributed by atoms with Crippen molar-refractivity contribution in [2.24, 2.45) is 0 Å². The quantitative estimate of drug-likeness (QED) is 0.932. The Morgan fingerprint density at radius 3 is 2.79 bits per heavy atom. The van der Waals surface area contributed by atoms with E-state index >= 15 is 0 Å². The van der Waals surface area contributed by atoms with Crippen LogP contribution in [0.15, 0.2) is 30.5 Å². The number of carboxylic acids is 1. The molecule has 0 aliphatic rings. The lowest BCUT2D eigenvalue weighted by molar-refractivity contribution is -0.135. The molecule has 98 valence electrons. The smallest absolute Gasteiger partial charge is 0.323 e. The van der Waals surface area contributed by atoms with Crippen LogP contribution in [0.4, 0.5) is 5.69 Å². The molecule has 2 aromatic rings. The minimum Gasteiger partial charge on any atom is -0.480 e. The molecule has 0 saturated heterocycles. The molecule has 0 atom stereocenters. The normalized spacial score (nSPS) is 10.2. The highest BCUT2D eigenvalue weighted by atomic mass is 35.5. The van der Waals surface area contributed by atoms with Crippen LogP contribution in [0, 0.1) is 0 Å². The van der Waals surface area contributed by atoms with Crippen LogP contribution in [-0.2, 0) is 4.79 Å². The maximum atomic E-state index is 12.2. The maximum Gasteiger partial charge on any atom is 0.323 e. The standard InChI is InChI=1S/C11H8ClN3O3S/c12-7-2-1-3-8(4-7)15(6-10(16)17)11(18)9-5-13-19-14-9/h1-5H,6H2,(H,16,17). The van der Waals surface area contributed by atoms with Crippen molar-refractivity contribution in [3.05, 3.63) is 41.2 Å². The van der Waals surface area contributed by atoms with E-state index in [4.69, 9.17) is 16.7 Å². The average molecular weight is 298 g/mol. The molecule has 0 aliphatic carbocycles. The number of hydrogen-bond donors (Lipinski definition) is 1. The Hall–Kier alpha value is -1.99. The van der Waals surface area contributed by atoms with Crippen molar-refractivity contribution in [2.45, 2.75) is 0 Å². The molecule has 19 heavy (non-hydrogen) atoms. The Labute approximate surface area is 117 Å². The highest BCUT2D eigenvalue weighted by Crippen LogP contribution is 2.21. The summed E-state index contributed by atoms with van der Waals surface area (Å²) in [6.07, 6.45) is 1.30. The number of benzene rings is 1. The summed E-state index contributed by atoms with van der Waals surface area (Å²) >= 11 is 6.73. The maximum absolute atomic E-state index is 12.2. The molecule has 1 aromatic carbocycles. The number of carboxylic acid groups (broad SMARTS) is 1. The number of hydrogen-bond acceptors (Lipinski definition) is 5. The van der Waals surface area contributed by atoms with Crippen LogP contribution in [0.25, 0.3) is 0 Å². The first-order chi connectivity index (χ1) is 9.08. The number of aromatic nitrogens is 2. The van der Waals surface area contributed by atoms with Crippen molar-refractivity contribution < 1.29 is 14.7 Å². The van der Waals surface area contributed by atoms with E-state index in [0.29, 0.717) is 10.7 Å². The van der Waals surface area contributed by atoms with E-state index in [1.165, 1.54) is 12.3 Å². The molecule has 1 aromatic heterocycles. The fourth-order valence-electron chi connectivity index (χ4n) is 1.46. The number of anilines is 1. The van der Waals surface area contributed by atoms with Crippen molar-refractivity contribution >= 4 is 40.9 Å². The zero-order valence-electron chi connectivity index (χ0n) is 9.49. The van der Waals surface area contributed by atoms with Gasteiger partial charge in [0.1, 0.15) is 6.54 Å². The first-order valence-electron chi connectivity index (χ1n) is 5.14. The van der Waals surface area contributed by atoms with Crippen LogP contribution < -0.4 is 4.90 Å². The summed E-state index contributed by atoms with van der Waals surface area (Å²) in [5.74, 6) is -1.66. The largest absolute Gasteiger partial charge is 0.480 e. The van der Waals surface area contributed by atoms with Gasteiger partial charge in [-0.3, -0.25) is 14.5 Å². The molecular formula is C11H8ClN3O3S. The van der Waals surface area contributed by atoms with Gasteiger partial charge in [-0.25, -0.2) is 0 Å². The van der Waals surface area contributed by atoms with E-state index in [1.54, 1.807) is 18.2 Å². The van der Waals surface area contributed by atoms with Crippen LogP contribution in [0.1, 0.15) is 10.5 Å². The van der Waals surface area contributed by atoms with E-state index < -0.39 is 18.4 Å². The zero-order chi connectivity index (χ0) is 13.8. The summed E-state index contributed by atoms with van der Waals surface area (Å²) in [5.41, 5.74) is 0.499. The molecular weight excluding hydrogens is 290 g/mol.